The molecule has 0 atom stereocenters. The number of para-hydroxylation sites is 1. The minimum absolute atomic E-state index is 0.0490. The van der Waals surface area contributed by atoms with Gasteiger partial charge in [0.15, 0.2) is 5.16 Å². The molecule has 8 nitrogen and oxygen atoms in total. The normalized spacial score (nSPS) is 10.9. The second kappa shape index (κ2) is 10.9. The first-order chi connectivity index (χ1) is 16.6. The Labute approximate surface area is 200 Å². The summed E-state index contributed by atoms with van der Waals surface area (Å²) >= 11 is 1.19. The zero-order chi connectivity index (χ0) is 23.9. The summed E-state index contributed by atoms with van der Waals surface area (Å²) in [5.41, 5.74) is 0.917. The maximum atomic E-state index is 13.2. The largest absolute Gasteiger partial charge is 0.494 e. The third kappa shape index (κ3) is 5.43. The van der Waals surface area contributed by atoms with Crippen molar-refractivity contribution in [3.8, 4) is 11.5 Å². The average molecular weight is 480 g/mol. The molecule has 0 bridgehead atoms. The van der Waals surface area contributed by atoms with Gasteiger partial charge in [0.2, 0.25) is 5.91 Å². The number of nitrogens with one attached hydrogen (secondary N) is 1. The molecule has 2 heterocycles. The van der Waals surface area contributed by atoms with Crippen molar-refractivity contribution in [2.75, 3.05) is 24.3 Å². The minimum atomic E-state index is -0.258. The van der Waals surface area contributed by atoms with E-state index in [0.717, 1.165) is 0 Å². The van der Waals surface area contributed by atoms with E-state index in [4.69, 9.17) is 13.9 Å². The third-order valence-corrected chi connectivity index (χ3v) is 5.87. The molecule has 0 aliphatic rings. The summed E-state index contributed by atoms with van der Waals surface area (Å²) in [4.78, 5) is 30.6. The van der Waals surface area contributed by atoms with Crippen molar-refractivity contribution < 1.29 is 18.7 Å². The second-order valence-electron chi connectivity index (χ2n) is 7.24. The third-order valence-electron chi connectivity index (χ3n) is 4.89. The zero-order valence-electron chi connectivity index (χ0n) is 18.9. The summed E-state index contributed by atoms with van der Waals surface area (Å²) in [5.74, 6) is 1.61. The Bertz CT molecular complexity index is 1330. The Hall–Kier alpha value is -3.72. The second-order valence-corrected chi connectivity index (χ2v) is 8.19. The van der Waals surface area contributed by atoms with Crippen molar-refractivity contribution in [2.24, 2.45) is 0 Å². The van der Waals surface area contributed by atoms with Crippen molar-refractivity contribution in [1.82, 2.24) is 9.55 Å². The highest BCUT2D eigenvalue weighted by Gasteiger charge is 2.16. The molecule has 0 saturated heterocycles. The number of ether oxygens (including phenoxy) is 2. The van der Waals surface area contributed by atoms with Gasteiger partial charge in [-0.3, -0.25) is 14.2 Å². The Kier molecular flexibility index (Phi) is 7.54. The first-order valence-electron chi connectivity index (χ1n) is 10.9. The number of fused-ring (bicyclic) bond motifs is 1. The van der Waals surface area contributed by atoms with Crippen molar-refractivity contribution in [3.05, 3.63) is 77.0 Å². The molecule has 2 aromatic heterocycles. The molecule has 0 fully saturated rings. The standard InChI is InChI=1S/C25H25N3O5S/c1-3-31-17-11-12-22(32-4-2)21(14-17)26-23(29)16-34-25-27-20-10-6-5-9-19(20)24(30)28(25)15-18-8-7-13-33-18/h5-14H,3-4,15-16H2,1-2H3,(H,26,29). The molecule has 0 spiro atoms. The number of carbonyl (C=O) groups is 1. The number of aromatic nitrogens is 2. The first-order valence-corrected chi connectivity index (χ1v) is 11.9. The maximum absolute atomic E-state index is 13.2. The zero-order valence-corrected chi connectivity index (χ0v) is 19.8. The molecule has 0 saturated carbocycles. The number of carbonyl (C=O) groups excluding carboxylic acids is 1. The quantitative estimate of drug-likeness (QED) is 0.263. The van der Waals surface area contributed by atoms with Crippen LogP contribution in [0.25, 0.3) is 10.9 Å². The van der Waals surface area contributed by atoms with Crippen LogP contribution in [0.15, 0.2) is 75.2 Å². The molecule has 4 rings (SSSR count). The number of nitrogens with zero attached hydrogens (tertiary/aromatic N) is 2. The molecule has 0 unspecified atom stereocenters. The van der Waals surface area contributed by atoms with E-state index in [1.54, 1.807) is 54.8 Å². The van der Waals surface area contributed by atoms with Crippen LogP contribution in [-0.2, 0) is 11.3 Å². The van der Waals surface area contributed by atoms with Crippen LogP contribution >= 0.6 is 11.8 Å². The molecular formula is C25H25N3O5S. The van der Waals surface area contributed by atoms with Gasteiger partial charge in [0.1, 0.15) is 17.3 Å². The molecule has 0 aliphatic heterocycles. The van der Waals surface area contributed by atoms with E-state index in [1.165, 1.54) is 16.3 Å². The van der Waals surface area contributed by atoms with E-state index in [9.17, 15) is 9.59 Å². The van der Waals surface area contributed by atoms with Gasteiger partial charge in [-0.1, -0.05) is 23.9 Å². The SMILES string of the molecule is CCOc1ccc(OCC)c(NC(=O)CSc2nc3ccccc3c(=O)n2Cc2ccco2)c1. The molecule has 0 aliphatic carbocycles. The van der Waals surface area contributed by atoms with Gasteiger partial charge in [0, 0.05) is 6.07 Å². The molecular weight excluding hydrogens is 454 g/mol. The van der Waals surface area contributed by atoms with Gasteiger partial charge >= 0.3 is 0 Å². The number of furan rings is 1. The van der Waals surface area contributed by atoms with Crippen LogP contribution in [0.5, 0.6) is 11.5 Å². The monoisotopic (exact) mass is 479 g/mol. The van der Waals surface area contributed by atoms with Crippen LogP contribution in [0.1, 0.15) is 19.6 Å². The molecule has 1 amide bonds. The summed E-state index contributed by atoms with van der Waals surface area (Å²) in [5, 5.41) is 3.83. The lowest BCUT2D eigenvalue weighted by Gasteiger charge is -2.14. The molecule has 1 N–H and O–H groups in total. The topological polar surface area (TPSA) is 95.6 Å². The van der Waals surface area contributed by atoms with E-state index < -0.39 is 0 Å². The smallest absolute Gasteiger partial charge is 0.262 e. The van der Waals surface area contributed by atoms with Gasteiger partial charge in [-0.05, 0) is 50.2 Å². The molecule has 176 valence electrons. The van der Waals surface area contributed by atoms with E-state index in [1.807, 2.05) is 19.9 Å². The lowest BCUT2D eigenvalue weighted by atomic mass is 10.2. The van der Waals surface area contributed by atoms with E-state index in [-0.39, 0.29) is 23.8 Å². The Morgan fingerprint density at radius 1 is 1.09 bits per heavy atom. The number of amides is 1. The molecule has 34 heavy (non-hydrogen) atoms. The number of hydrogen-bond acceptors (Lipinski definition) is 7. The summed E-state index contributed by atoms with van der Waals surface area (Å²) in [6.45, 7) is 4.97. The number of hydrogen-bond donors (Lipinski definition) is 1. The summed E-state index contributed by atoms with van der Waals surface area (Å²) < 4.78 is 18.1. The number of thioether (sulfide) groups is 1. The lowest BCUT2D eigenvalue weighted by molar-refractivity contribution is -0.113. The van der Waals surface area contributed by atoms with Crippen LogP contribution in [0.3, 0.4) is 0 Å². The van der Waals surface area contributed by atoms with Crippen molar-refractivity contribution in [2.45, 2.75) is 25.5 Å². The Morgan fingerprint density at radius 2 is 1.91 bits per heavy atom. The molecule has 4 aromatic rings. The maximum Gasteiger partial charge on any atom is 0.262 e. The van der Waals surface area contributed by atoms with E-state index in [2.05, 4.69) is 10.3 Å². The highest BCUT2D eigenvalue weighted by Crippen LogP contribution is 2.30. The summed E-state index contributed by atoms with van der Waals surface area (Å²) in [7, 11) is 0. The van der Waals surface area contributed by atoms with Crippen LogP contribution in [0, 0.1) is 0 Å². The van der Waals surface area contributed by atoms with Crippen LogP contribution in [0.2, 0.25) is 0 Å². The van der Waals surface area contributed by atoms with Crippen molar-refractivity contribution in [1.29, 1.82) is 0 Å². The Morgan fingerprint density at radius 3 is 2.68 bits per heavy atom. The van der Waals surface area contributed by atoms with Gasteiger partial charge in [0.05, 0.1) is 48.4 Å². The first kappa shape index (κ1) is 23.4. The van der Waals surface area contributed by atoms with Crippen LogP contribution < -0.4 is 20.3 Å². The van der Waals surface area contributed by atoms with Crippen molar-refractivity contribution >= 4 is 34.3 Å². The number of anilines is 1. The lowest BCUT2D eigenvalue weighted by Crippen LogP contribution is -2.24. The van der Waals surface area contributed by atoms with Crippen LogP contribution in [-0.4, -0.2) is 34.4 Å². The van der Waals surface area contributed by atoms with Gasteiger partial charge in [0.25, 0.3) is 5.56 Å². The number of benzene rings is 2. The minimum Gasteiger partial charge on any atom is -0.494 e. The highest BCUT2D eigenvalue weighted by molar-refractivity contribution is 7.99. The summed E-state index contributed by atoms with van der Waals surface area (Å²) in [6.07, 6.45) is 1.56. The van der Waals surface area contributed by atoms with Gasteiger partial charge in [-0.25, -0.2) is 4.98 Å². The fourth-order valence-corrected chi connectivity index (χ4v) is 4.22. The predicted octanol–water partition coefficient (Wildman–Crippen LogP) is 4.57. The van der Waals surface area contributed by atoms with Crippen LogP contribution in [0.4, 0.5) is 5.69 Å². The van der Waals surface area contributed by atoms with E-state index >= 15 is 0 Å². The molecule has 0 radical (unpaired) electrons. The van der Waals surface area contributed by atoms with E-state index in [0.29, 0.717) is 52.2 Å². The Balaban J connectivity index is 1.57. The molecule has 9 heteroatoms. The van der Waals surface area contributed by atoms with Gasteiger partial charge in [-0.2, -0.15) is 0 Å². The average Bonchev–Trinajstić information content (AvgIpc) is 3.35. The summed E-state index contributed by atoms with van der Waals surface area (Å²) in [6, 6.07) is 16.0. The fourth-order valence-electron chi connectivity index (χ4n) is 3.42. The fraction of sp³-hybridized carbons (Fsp3) is 0.240. The highest BCUT2D eigenvalue weighted by atomic mass is 32.2. The predicted molar refractivity (Wildman–Crippen MR) is 132 cm³/mol. The van der Waals surface area contributed by atoms with Crippen molar-refractivity contribution in [3.63, 3.8) is 0 Å². The van der Waals surface area contributed by atoms with Gasteiger partial charge in [-0.15, -0.1) is 0 Å². The van der Waals surface area contributed by atoms with Gasteiger partial charge < -0.3 is 19.2 Å². The number of rotatable bonds is 10. The molecule has 2 aromatic carbocycles.